The summed E-state index contributed by atoms with van der Waals surface area (Å²) in [5.74, 6) is -0.0249. The molecule has 0 radical (unpaired) electrons. The lowest BCUT2D eigenvalue weighted by molar-refractivity contribution is -0.152. The van der Waals surface area contributed by atoms with E-state index < -0.39 is 5.54 Å². The van der Waals surface area contributed by atoms with Crippen molar-refractivity contribution in [1.82, 2.24) is 14.8 Å². The second-order valence-corrected chi connectivity index (χ2v) is 7.99. The lowest BCUT2D eigenvalue weighted by Crippen LogP contribution is -2.66. The maximum Gasteiger partial charge on any atom is 0.246 e. The Bertz CT molecular complexity index is 1010. The number of piperidine rings is 1. The van der Waals surface area contributed by atoms with Gasteiger partial charge in [-0.05, 0) is 41.1 Å². The van der Waals surface area contributed by atoms with Crippen LogP contribution in [0.15, 0.2) is 60.8 Å². The Morgan fingerprint density at radius 1 is 1.18 bits per heavy atom. The number of carbonyl (C=O) groups is 1. The van der Waals surface area contributed by atoms with Crippen molar-refractivity contribution in [3.05, 3.63) is 71.9 Å². The van der Waals surface area contributed by atoms with Crippen molar-refractivity contribution >= 4 is 16.8 Å². The minimum absolute atomic E-state index is 0.0249. The molecule has 3 aromatic rings. The standard InChI is InChI=1S/C23H25N3O2/c1-25-11-9-18-13-17(7-8-20(18)25)14-26-12-10-23(19-5-3-2-4-6-19)21(15-26)28-16-22(27)24-23/h2-9,11,13,21H,10,12,14-16H2,1H3,(H,24,27)/t21-,23+/m1/s1. The molecule has 1 amide bonds. The van der Waals surface area contributed by atoms with Crippen molar-refractivity contribution in [3.8, 4) is 0 Å². The Morgan fingerprint density at radius 2 is 2.04 bits per heavy atom. The van der Waals surface area contributed by atoms with Crippen LogP contribution in [0.25, 0.3) is 10.9 Å². The second kappa shape index (κ2) is 6.76. The molecule has 2 aliphatic rings. The van der Waals surface area contributed by atoms with E-state index in [0.717, 1.165) is 31.6 Å². The summed E-state index contributed by atoms with van der Waals surface area (Å²) in [6.07, 6.45) is 2.91. The predicted octanol–water partition coefficient (Wildman–Crippen LogP) is 2.79. The van der Waals surface area contributed by atoms with Gasteiger partial charge in [-0.2, -0.15) is 0 Å². The van der Waals surface area contributed by atoms with Crippen LogP contribution in [0.4, 0.5) is 0 Å². The van der Waals surface area contributed by atoms with Crippen molar-refractivity contribution in [1.29, 1.82) is 0 Å². The number of likely N-dealkylation sites (tertiary alicyclic amines) is 1. The molecule has 28 heavy (non-hydrogen) atoms. The number of hydrogen-bond donors (Lipinski definition) is 1. The van der Waals surface area contributed by atoms with Gasteiger partial charge in [0.25, 0.3) is 0 Å². The normalized spacial score (nSPS) is 25.5. The van der Waals surface area contributed by atoms with Crippen molar-refractivity contribution in [3.63, 3.8) is 0 Å². The van der Waals surface area contributed by atoms with Gasteiger partial charge in [0, 0.05) is 38.4 Å². The summed E-state index contributed by atoms with van der Waals surface area (Å²) in [7, 11) is 2.07. The number of aromatic nitrogens is 1. The average molecular weight is 375 g/mol. The van der Waals surface area contributed by atoms with Gasteiger partial charge < -0.3 is 14.6 Å². The van der Waals surface area contributed by atoms with E-state index >= 15 is 0 Å². The first-order valence-electron chi connectivity index (χ1n) is 9.88. The number of hydrogen-bond acceptors (Lipinski definition) is 3. The minimum atomic E-state index is -0.420. The highest BCUT2D eigenvalue weighted by Gasteiger charge is 2.48. The van der Waals surface area contributed by atoms with Gasteiger partial charge >= 0.3 is 0 Å². The van der Waals surface area contributed by atoms with Crippen LogP contribution in [0.2, 0.25) is 0 Å². The van der Waals surface area contributed by atoms with Crippen LogP contribution in [-0.2, 0) is 28.7 Å². The molecule has 1 aromatic heterocycles. The molecule has 5 rings (SSSR count). The Kier molecular flexibility index (Phi) is 4.22. The van der Waals surface area contributed by atoms with Crippen LogP contribution in [0, 0.1) is 0 Å². The van der Waals surface area contributed by atoms with Crippen molar-refractivity contribution in [2.45, 2.75) is 24.6 Å². The number of nitrogens with zero attached hydrogens (tertiary/aromatic N) is 2. The summed E-state index contributed by atoms with van der Waals surface area (Å²) in [4.78, 5) is 14.6. The summed E-state index contributed by atoms with van der Waals surface area (Å²) in [5, 5.41) is 4.54. The van der Waals surface area contributed by atoms with Crippen LogP contribution < -0.4 is 5.32 Å². The fourth-order valence-electron chi connectivity index (χ4n) is 4.75. The number of fused-ring (bicyclic) bond motifs is 2. The number of benzene rings is 2. The SMILES string of the molecule is Cn1ccc2cc(CN3CC[C@@]4(c5ccccc5)NC(=O)CO[C@@H]4C3)ccc21. The summed E-state index contributed by atoms with van der Waals surface area (Å²) >= 11 is 0. The van der Waals surface area contributed by atoms with E-state index in [-0.39, 0.29) is 18.6 Å². The monoisotopic (exact) mass is 375 g/mol. The number of carbonyl (C=O) groups excluding carboxylic acids is 1. The number of amides is 1. The lowest BCUT2D eigenvalue weighted by atomic mass is 9.77. The largest absolute Gasteiger partial charge is 0.364 e. The Morgan fingerprint density at radius 3 is 2.89 bits per heavy atom. The average Bonchev–Trinajstić information content (AvgIpc) is 3.09. The minimum Gasteiger partial charge on any atom is -0.364 e. The molecule has 0 aliphatic carbocycles. The lowest BCUT2D eigenvalue weighted by Gasteiger charge is -2.50. The van der Waals surface area contributed by atoms with E-state index in [1.165, 1.54) is 16.5 Å². The van der Waals surface area contributed by atoms with Gasteiger partial charge in [-0.1, -0.05) is 36.4 Å². The zero-order chi connectivity index (χ0) is 19.1. The van der Waals surface area contributed by atoms with Crippen LogP contribution in [0.3, 0.4) is 0 Å². The predicted molar refractivity (Wildman–Crippen MR) is 109 cm³/mol. The molecule has 3 heterocycles. The van der Waals surface area contributed by atoms with Crippen molar-refractivity contribution < 1.29 is 9.53 Å². The molecule has 0 bridgehead atoms. The number of morpholine rings is 1. The van der Waals surface area contributed by atoms with Crippen molar-refractivity contribution in [2.24, 2.45) is 7.05 Å². The fourth-order valence-corrected chi connectivity index (χ4v) is 4.75. The van der Waals surface area contributed by atoms with Gasteiger partial charge in [0.15, 0.2) is 0 Å². The van der Waals surface area contributed by atoms with Gasteiger partial charge in [0.2, 0.25) is 5.91 Å². The molecule has 144 valence electrons. The number of ether oxygens (including phenoxy) is 1. The topological polar surface area (TPSA) is 46.5 Å². The van der Waals surface area contributed by atoms with E-state index in [0.29, 0.717) is 0 Å². The zero-order valence-electron chi connectivity index (χ0n) is 16.1. The first-order valence-corrected chi connectivity index (χ1v) is 9.88. The number of aryl methyl sites for hydroxylation is 1. The third-order valence-corrected chi connectivity index (χ3v) is 6.22. The van der Waals surface area contributed by atoms with Gasteiger partial charge in [0.05, 0.1) is 11.6 Å². The number of nitrogens with one attached hydrogen (secondary N) is 1. The summed E-state index contributed by atoms with van der Waals surface area (Å²) in [6, 6.07) is 19.1. The quantitative estimate of drug-likeness (QED) is 0.766. The molecule has 1 N–H and O–H groups in total. The van der Waals surface area contributed by atoms with Gasteiger partial charge in [-0.15, -0.1) is 0 Å². The maximum absolute atomic E-state index is 12.1. The molecule has 2 atom stereocenters. The van der Waals surface area contributed by atoms with Crippen LogP contribution in [-0.4, -0.2) is 41.2 Å². The van der Waals surface area contributed by atoms with E-state index in [4.69, 9.17) is 4.74 Å². The van der Waals surface area contributed by atoms with Crippen molar-refractivity contribution in [2.75, 3.05) is 19.7 Å². The van der Waals surface area contributed by atoms with Gasteiger partial charge in [-0.3, -0.25) is 9.69 Å². The molecule has 2 fully saturated rings. The van der Waals surface area contributed by atoms with E-state index in [2.05, 4.69) is 64.4 Å². The molecule has 0 unspecified atom stereocenters. The molecular formula is C23H25N3O2. The summed E-state index contributed by atoms with van der Waals surface area (Å²) in [6.45, 7) is 2.76. The highest BCUT2D eigenvalue weighted by atomic mass is 16.5. The Balaban J connectivity index is 1.38. The van der Waals surface area contributed by atoms with Crippen LogP contribution in [0.1, 0.15) is 17.5 Å². The Hall–Kier alpha value is -2.63. The summed E-state index contributed by atoms with van der Waals surface area (Å²) in [5.41, 5.74) is 3.28. The third kappa shape index (κ3) is 2.91. The molecule has 2 aromatic carbocycles. The van der Waals surface area contributed by atoms with Gasteiger partial charge in [-0.25, -0.2) is 0 Å². The Labute approximate surface area is 164 Å². The maximum atomic E-state index is 12.1. The molecule has 2 aliphatic heterocycles. The van der Waals surface area contributed by atoms with E-state index in [1.807, 2.05) is 18.2 Å². The van der Waals surface area contributed by atoms with Gasteiger partial charge in [0.1, 0.15) is 6.61 Å². The first kappa shape index (κ1) is 17.5. The molecule has 0 saturated carbocycles. The molecular weight excluding hydrogens is 350 g/mol. The third-order valence-electron chi connectivity index (χ3n) is 6.22. The van der Waals surface area contributed by atoms with Crippen LogP contribution >= 0.6 is 0 Å². The molecule has 0 spiro atoms. The number of rotatable bonds is 3. The molecule has 5 nitrogen and oxygen atoms in total. The fraction of sp³-hybridized carbons (Fsp3) is 0.348. The summed E-state index contributed by atoms with van der Waals surface area (Å²) < 4.78 is 8.18. The van der Waals surface area contributed by atoms with Crippen LogP contribution in [0.5, 0.6) is 0 Å². The molecule has 5 heteroatoms. The highest BCUT2D eigenvalue weighted by molar-refractivity contribution is 5.81. The second-order valence-electron chi connectivity index (χ2n) is 7.99. The zero-order valence-corrected chi connectivity index (χ0v) is 16.1. The highest BCUT2D eigenvalue weighted by Crippen LogP contribution is 2.37. The first-order chi connectivity index (χ1) is 13.6. The smallest absolute Gasteiger partial charge is 0.246 e. The van der Waals surface area contributed by atoms with E-state index in [9.17, 15) is 4.79 Å². The van der Waals surface area contributed by atoms with E-state index in [1.54, 1.807) is 0 Å². The molecule has 2 saturated heterocycles.